The molecule has 0 bridgehead atoms. The molecule has 162 valence electrons. The number of aromatic nitrogens is 1. The van der Waals surface area contributed by atoms with E-state index in [1.807, 2.05) is 24.5 Å². The Labute approximate surface area is 191 Å². The number of benzene rings is 2. The molecule has 2 aromatic carbocycles. The van der Waals surface area contributed by atoms with E-state index in [2.05, 4.69) is 66.2 Å². The van der Waals surface area contributed by atoms with Gasteiger partial charge in [0.05, 0.1) is 13.2 Å². The highest BCUT2D eigenvalue weighted by atomic mass is 35.5. The minimum absolute atomic E-state index is 0. The second-order valence-corrected chi connectivity index (χ2v) is 7.96. The highest BCUT2D eigenvalue weighted by Crippen LogP contribution is 2.41. The molecule has 0 N–H and O–H groups in total. The Kier molecular flexibility index (Phi) is 7.75. The summed E-state index contributed by atoms with van der Waals surface area (Å²) in [7, 11) is 1.70. The van der Waals surface area contributed by atoms with Gasteiger partial charge in [-0.1, -0.05) is 42.5 Å². The summed E-state index contributed by atoms with van der Waals surface area (Å²) in [6, 6.07) is 21.0. The van der Waals surface area contributed by atoms with Gasteiger partial charge in [0.2, 0.25) is 0 Å². The average Bonchev–Trinajstić information content (AvgIpc) is 3.32. The van der Waals surface area contributed by atoms with E-state index in [1.165, 1.54) is 24.0 Å². The maximum Gasteiger partial charge on any atom is 0.161 e. The van der Waals surface area contributed by atoms with E-state index < -0.39 is 0 Å². The first-order valence-electron chi connectivity index (χ1n) is 10.7. The molecule has 1 heterocycles. The summed E-state index contributed by atoms with van der Waals surface area (Å²) in [5.74, 6) is 1.60. The second-order valence-electron chi connectivity index (χ2n) is 7.96. The Bertz CT molecular complexity index is 971. The summed E-state index contributed by atoms with van der Waals surface area (Å²) in [6.07, 6.45) is 11.5. The van der Waals surface area contributed by atoms with Crippen LogP contribution in [0.5, 0.6) is 11.5 Å². The minimum atomic E-state index is -0.386. The molecule has 1 unspecified atom stereocenters. The van der Waals surface area contributed by atoms with Crippen molar-refractivity contribution in [3.05, 3.63) is 102 Å². The second kappa shape index (κ2) is 10.5. The number of hydrogen-bond donors (Lipinski definition) is 0. The van der Waals surface area contributed by atoms with E-state index in [0.717, 1.165) is 36.3 Å². The molecule has 1 aliphatic rings. The van der Waals surface area contributed by atoms with Crippen molar-refractivity contribution in [1.29, 1.82) is 0 Å². The van der Waals surface area contributed by atoms with Gasteiger partial charge in [-0.05, 0) is 73.1 Å². The third-order valence-electron chi connectivity index (χ3n) is 6.14. The van der Waals surface area contributed by atoms with Gasteiger partial charge >= 0.3 is 0 Å². The Morgan fingerprint density at radius 3 is 2.32 bits per heavy atom. The molecule has 4 rings (SSSR count). The number of hydrogen-bond acceptors (Lipinski definition) is 3. The molecule has 0 saturated heterocycles. The van der Waals surface area contributed by atoms with Crippen LogP contribution in [-0.2, 0) is 11.8 Å². The zero-order chi connectivity index (χ0) is 20.8. The van der Waals surface area contributed by atoms with Gasteiger partial charge in [0.15, 0.2) is 11.5 Å². The van der Waals surface area contributed by atoms with Gasteiger partial charge in [-0.25, -0.2) is 0 Å². The van der Waals surface area contributed by atoms with Gasteiger partial charge in [0.25, 0.3) is 0 Å². The van der Waals surface area contributed by atoms with Crippen LogP contribution in [-0.4, -0.2) is 18.2 Å². The first-order valence-corrected chi connectivity index (χ1v) is 10.7. The predicted molar refractivity (Wildman–Crippen MR) is 128 cm³/mol. The molecule has 0 amide bonds. The molecular weight excluding hydrogens is 406 g/mol. The fourth-order valence-corrected chi connectivity index (χ4v) is 4.47. The fourth-order valence-electron chi connectivity index (χ4n) is 4.47. The normalized spacial score (nSPS) is 15.5. The summed E-state index contributed by atoms with van der Waals surface area (Å²) in [4.78, 5) is 4.18. The van der Waals surface area contributed by atoms with Gasteiger partial charge in [0, 0.05) is 17.8 Å². The average molecular weight is 436 g/mol. The van der Waals surface area contributed by atoms with Crippen LogP contribution in [0.4, 0.5) is 0 Å². The van der Waals surface area contributed by atoms with Gasteiger partial charge in [-0.3, -0.25) is 4.98 Å². The molecule has 1 aliphatic carbocycles. The van der Waals surface area contributed by atoms with Crippen molar-refractivity contribution in [2.24, 2.45) is 0 Å². The lowest BCUT2D eigenvalue weighted by Gasteiger charge is -2.33. The van der Waals surface area contributed by atoms with Crippen LogP contribution in [0.1, 0.15) is 42.4 Å². The highest BCUT2D eigenvalue weighted by molar-refractivity contribution is 5.85. The van der Waals surface area contributed by atoms with Crippen molar-refractivity contribution in [3.63, 3.8) is 0 Å². The van der Waals surface area contributed by atoms with E-state index in [1.54, 1.807) is 7.11 Å². The maximum absolute atomic E-state index is 6.39. The van der Waals surface area contributed by atoms with Crippen LogP contribution in [0.15, 0.2) is 85.7 Å². The highest BCUT2D eigenvalue weighted by Gasteiger charge is 2.32. The van der Waals surface area contributed by atoms with Crippen molar-refractivity contribution in [3.8, 4) is 11.5 Å². The van der Waals surface area contributed by atoms with Gasteiger partial charge < -0.3 is 9.47 Å². The zero-order valence-corrected chi connectivity index (χ0v) is 18.8. The van der Waals surface area contributed by atoms with E-state index in [9.17, 15) is 0 Å². The molecule has 1 aromatic heterocycles. The predicted octanol–water partition coefficient (Wildman–Crippen LogP) is 6.55. The third-order valence-corrected chi connectivity index (χ3v) is 6.14. The molecular formula is C27H30ClNO2. The molecule has 0 spiro atoms. The first-order chi connectivity index (χ1) is 14.7. The summed E-state index contributed by atoms with van der Waals surface area (Å²) in [5.41, 5.74) is 3.17. The van der Waals surface area contributed by atoms with E-state index in [4.69, 9.17) is 9.47 Å². The summed E-state index contributed by atoms with van der Waals surface area (Å²) >= 11 is 0. The molecule has 4 heteroatoms. The van der Waals surface area contributed by atoms with Crippen LogP contribution < -0.4 is 9.47 Å². The standard InChI is InChI=1S/C27H29NO2.ClH/c1-3-27(22-9-5-4-6-10-22,20-21-15-17-28-18-16-21)23-13-14-25(29-2)26(19-23)30-24-11-7-8-12-24;/h3-6,9-10,13-19,24H,1,7-8,11-12,20H2,2H3;1H. The molecule has 0 aliphatic heterocycles. The zero-order valence-electron chi connectivity index (χ0n) is 18.0. The van der Waals surface area contributed by atoms with Crippen LogP contribution >= 0.6 is 12.4 Å². The number of halogens is 1. The van der Waals surface area contributed by atoms with Gasteiger partial charge in [-0.2, -0.15) is 0 Å². The monoisotopic (exact) mass is 435 g/mol. The summed E-state index contributed by atoms with van der Waals surface area (Å²) in [5, 5.41) is 0. The molecule has 0 radical (unpaired) electrons. The van der Waals surface area contributed by atoms with E-state index in [-0.39, 0.29) is 23.9 Å². The van der Waals surface area contributed by atoms with Crippen LogP contribution in [0, 0.1) is 0 Å². The smallest absolute Gasteiger partial charge is 0.161 e. The maximum atomic E-state index is 6.39. The molecule has 3 nitrogen and oxygen atoms in total. The van der Waals surface area contributed by atoms with E-state index in [0.29, 0.717) is 0 Å². The molecule has 3 aromatic rings. The van der Waals surface area contributed by atoms with Crippen LogP contribution in [0.3, 0.4) is 0 Å². The molecule has 1 saturated carbocycles. The van der Waals surface area contributed by atoms with Gasteiger partial charge in [-0.15, -0.1) is 19.0 Å². The number of rotatable bonds is 8. The Balaban J connectivity index is 0.00000272. The Morgan fingerprint density at radius 2 is 1.68 bits per heavy atom. The SMILES string of the molecule is C=CC(Cc1ccncc1)(c1ccccc1)c1ccc(OC)c(OC2CCCC2)c1.Cl. The number of methoxy groups -OCH3 is 1. The van der Waals surface area contributed by atoms with Crippen LogP contribution in [0.2, 0.25) is 0 Å². The topological polar surface area (TPSA) is 31.4 Å². The quantitative estimate of drug-likeness (QED) is 0.376. The number of pyridine rings is 1. The van der Waals surface area contributed by atoms with Crippen molar-refractivity contribution in [1.82, 2.24) is 4.98 Å². The first kappa shape index (κ1) is 22.9. The number of allylic oxidation sites excluding steroid dienone is 1. The summed E-state index contributed by atoms with van der Waals surface area (Å²) in [6.45, 7) is 4.27. The van der Waals surface area contributed by atoms with Crippen molar-refractivity contribution in [2.45, 2.75) is 43.6 Å². The van der Waals surface area contributed by atoms with Gasteiger partial charge in [0.1, 0.15) is 0 Å². The Hall–Kier alpha value is -2.78. The lowest BCUT2D eigenvalue weighted by molar-refractivity contribution is 0.200. The van der Waals surface area contributed by atoms with Crippen molar-refractivity contribution in [2.75, 3.05) is 7.11 Å². The fraction of sp³-hybridized carbons (Fsp3) is 0.296. The van der Waals surface area contributed by atoms with Crippen molar-refractivity contribution >= 4 is 12.4 Å². The minimum Gasteiger partial charge on any atom is -0.493 e. The third kappa shape index (κ3) is 4.94. The van der Waals surface area contributed by atoms with Crippen LogP contribution in [0.25, 0.3) is 0 Å². The lowest BCUT2D eigenvalue weighted by Crippen LogP contribution is -2.28. The molecule has 1 fully saturated rings. The molecule has 1 atom stereocenters. The van der Waals surface area contributed by atoms with Crippen molar-refractivity contribution < 1.29 is 9.47 Å². The summed E-state index contributed by atoms with van der Waals surface area (Å²) < 4.78 is 12.0. The molecule has 31 heavy (non-hydrogen) atoms. The lowest BCUT2D eigenvalue weighted by atomic mass is 9.70. The number of ether oxygens (including phenoxy) is 2. The van der Waals surface area contributed by atoms with E-state index >= 15 is 0 Å². The number of nitrogens with zero attached hydrogens (tertiary/aromatic N) is 1. The Morgan fingerprint density at radius 1 is 0.968 bits per heavy atom. The largest absolute Gasteiger partial charge is 0.493 e.